The van der Waals surface area contributed by atoms with Crippen LogP contribution >= 0.6 is 15.9 Å². The SMILES string of the molecule is CC(CCN(C)C)NS(=O)(=O)c1cc(N)c(Br)cc1F. The van der Waals surface area contributed by atoms with Crippen LogP contribution < -0.4 is 10.5 Å². The molecule has 1 atom stereocenters. The minimum Gasteiger partial charge on any atom is -0.398 e. The molecule has 0 fully saturated rings. The Labute approximate surface area is 127 Å². The Morgan fingerprint density at radius 2 is 2.05 bits per heavy atom. The molecule has 8 heteroatoms. The maximum absolute atomic E-state index is 13.8. The molecule has 1 rings (SSSR count). The van der Waals surface area contributed by atoms with E-state index in [1.807, 2.05) is 19.0 Å². The van der Waals surface area contributed by atoms with Gasteiger partial charge < -0.3 is 10.6 Å². The summed E-state index contributed by atoms with van der Waals surface area (Å²) < 4.78 is 40.8. The van der Waals surface area contributed by atoms with Crippen LogP contribution in [0.3, 0.4) is 0 Å². The fraction of sp³-hybridized carbons (Fsp3) is 0.500. The van der Waals surface area contributed by atoms with Crippen LogP contribution in [0.2, 0.25) is 0 Å². The van der Waals surface area contributed by atoms with Crippen LogP contribution in [0.4, 0.5) is 10.1 Å². The van der Waals surface area contributed by atoms with Gasteiger partial charge in [-0.2, -0.15) is 0 Å². The average Bonchev–Trinajstić information content (AvgIpc) is 2.30. The number of anilines is 1. The molecule has 0 spiro atoms. The first kappa shape index (κ1) is 17.4. The third-order valence-electron chi connectivity index (χ3n) is 2.71. The van der Waals surface area contributed by atoms with E-state index in [2.05, 4.69) is 20.7 Å². The largest absolute Gasteiger partial charge is 0.398 e. The monoisotopic (exact) mass is 367 g/mol. The molecule has 0 saturated heterocycles. The van der Waals surface area contributed by atoms with Crippen LogP contribution in [0, 0.1) is 5.82 Å². The van der Waals surface area contributed by atoms with Gasteiger partial charge in [0.25, 0.3) is 0 Å². The molecule has 0 aliphatic rings. The normalized spacial score (nSPS) is 13.7. The van der Waals surface area contributed by atoms with E-state index in [9.17, 15) is 12.8 Å². The number of halogens is 2. The Morgan fingerprint density at radius 1 is 1.45 bits per heavy atom. The average molecular weight is 368 g/mol. The van der Waals surface area contributed by atoms with Crippen molar-refractivity contribution in [3.63, 3.8) is 0 Å². The van der Waals surface area contributed by atoms with E-state index in [0.717, 1.165) is 18.7 Å². The zero-order chi connectivity index (χ0) is 15.5. The Kier molecular flexibility index (Phi) is 5.93. The lowest BCUT2D eigenvalue weighted by molar-refractivity contribution is 0.378. The fourth-order valence-corrected chi connectivity index (χ4v) is 3.28. The van der Waals surface area contributed by atoms with Gasteiger partial charge in [0, 0.05) is 16.2 Å². The molecular formula is C12H19BrFN3O2S. The molecule has 114 valence electrons. The van der Waals surface area contributed by atoms with E-state index in [4.69, 9.17) is 5.73 Å². The number of benzene rings is 1. The Balaban J connectivity index is 2.92. The zero-order valence-electron chi connectivity index (χ0n) is 11.7. The Bertz CT molecular complexity index is 578. The lowest BCUT2D eigenvalue weighted by atomic mass is 10.2. The van der Waals surface area contributed by atoms with E-state index in [0.29, 0.717) is 10.9 Å². The van der Waals surface area contributed by atoms with Gasteiger partial charge in [-0.05, 0) is 62.0 Å². The third kappa shape index (κ3) is 4.69. The van der Waals surface area contributed by atoms with Crippen LogP contribution in [0.1, 0.15) is 13.3 Å². The summed E-state index contributed by atoms with van der Waals surface area (Å²) in [5.41, 5.74) is 5.78. The van der Waals surface area contributed by atoms with Gasteiger partial charge in [0.15, 0.2) is 0 Å². The van der Waals surface area contributed by atoms with Crippen LogP contribution in [0.25, 0.3) is 0 Å². The van der Waals surface area contributed by atoms with Gasteiger partial charge in [-0.15, -0.1) is 0 Å². The molecule has 1 aromatic rings. The molecule has 0 saturated carbocycles. The summed E-state index contributed by atoms with van der Waals surface area (Å²) in [7, 11) is -0.123. The lowest BCUT2D eigenvalue weighted by Crippen LogP contribution is -2.35. The molecule has 0 heterocycles. The van der Waals surface area contributed by atoms with E-state index < -0.39 is 20.7 Å². The molecule has 20 heavy (non-hydrogen) atoms. The molecule has 0 amide bonds. The number of nitrogens with zero attached hydrogens (tertiary/aromatic N) is 1. The molecule has 0 aromatic heterocycles. The first-order valence-electron chi connectivity index (χ1n) is 6.05. The van der Waals surface area contributed by atoms with Crippen LogP contribution in [-0.4, -0.2) is 40.0 Å². The molecule has 3 N–H and O–H groups in total. The summed E-state index contributed by atoms with van der Waals surface area (Å²) in [4.78, 5) is 1.51. The zero-order valence-corrected chi connectivity index (χ0v) is 14.1. The number of sulfonamides is 1. The molecule has 1 unspecified atom stereocenters. The quantitative estimate of drug-likeness (QED) is 0.751. The van der Waals surface area contributed by atoms with Crippen LogP contribution in [0.15, 0.2) is 21.5 Å². The number of rotatable bonds is 6. The molecule has 1 aromatic carbocycles. The molecule has 0 aliphatic heterocycles. The van der Waals surface area contributed by atoms with Crippen molar-refractivity contribution in [2.24, 2.45) is 0 Å². The summed E-state index contributed by atoms with van der Waals surface area (Å²) in [6.45, 7) is 2.47. The summed E-state index contributed by atoms with van der Waals surface area (Å²) in [5.74, 6) is -0.835. The van der Waals surface area contributed by atoms with Crippen molar-refractivity contribution >= 4 is 31.6 Å². The molecule has 5 nitrogen and oxygen atoms in total. The third-order valence-corrected chi connectivity index (χ3v) is 5.00. The summed E-state index contributed by atoms with van der Waals surface area (Å²) in [6, 6.07) is 1.86. The van der Waals surface area contributed by atoms with Gasteiger partial charge in [-0.1, -0.05) is 0 Å². The van der Waals surface area contributed by atoms with Crippen molar-refractivity contribution in [1.82, 2.24) is 9.62 Å². The highest BCUT2D eigenvalue weighted by Crippen LogP contribution is 2.26. The standard InChI is InChI=1S/C12H19BrFN3O2S/c1-8(4-5-17(2)3)16-20(18,19)12-7-11(15)9(13)6-10(12)14/h6-8,16H,4-5,15H2,1-3H3. The Hall–Kier alpha value is -0.700. The first-order valence-corrected chi connectivity index (χ1v) is 8.32. The lowest BCUT2D eigenvalue weighted by Gasteiger charge is -2.17. The van der Waals surface area contributed by atoms with E-state index in [1.165, 1.54) is 0 Å². The molecule has 0 aliphatic carbocycles. The first-order chi connectivity index (χ1) is 9.13. The summed E-state index contributed by atoms with van der Waals surface area (Å²) in [6.07, 6.45) is 0.625. The van der Waals surface area contributed by atoms with Crippen molar-refractivity contribution in [3.05, 3.63) is 22.4 Å². The predicted octanol–water partition coefficient (Wildman–Crippen LogP) is 1.79. The topological polar surface area (TPSA) is 75.4 Å². The maximum Gasteiger partial charge on any atom is 0.243 e. The smallest absolute Gasteiger partial charge is 0.243 e. The van der Waals surface area contributed by atoms with E-state index >= 15 is 0 Å². The van der Waals surface area contributed by atoms with Crippen molar-refractivity contribution < 1.29 is 12.8 Å². The van der Waals surface area contributed by atoms with Crippen molar-refractivity contribution in [2.75, 3.05) is 26.4 Å². The van der Waals surface area contributed by atoms with Gasteiger partial charge in [-0.25, -0.2) is 17.5 Å². The number of hydrogen-bond acceptors (Lipinski definition) is 4. The number of nitrogen functional groups attached to an aromatic ring is 1. The summed E-state index contributed by atoms with van der Waals surface area (Å²) >= 11 is 3.05. The highest BCUT2D eigenvalue weighted by Gasteiger charge is 2.22. The second kappa shape index (κ2) is 6.84. The highest BCUT2D eigenvalue weighted by molar-refractivity contribution is 9.10. The molecule has 0 bridgehead atoms. The van der Waals surface area contributed by atoms with Crippen molar-refractivity contribution in [1.29, 1.82) is 0 Å². The van der Waals surface area contributed by atoms with Gasteiger partial charge in [0.1, 0.15) is 10.7 Å². The number of nitrogens with one attached hydrogen (secondary N) is 1. The van der Waals surface area contributed by atoms with E-state index in [-0.39, 0.29) is 11.7 Å². The minimum absolute atomic E-state index is 0.174. The van der Waals surface area contributed by atoms with Gasteiger partial charge >= 0.3 is 0 Å². The highest BCUT2D eigenvalue weighted by atomic mass is 79.9. The predicted molar refractivity (Wildman–Crippen MR) is 81.5 cm³/mol. The van der Waals surface area contributed by atoms with Gasteiger partial charge in [0.05, 0.1) is 0 Å². The van der Waals surface area contributed by atoms with E-state index in [1.54, 1.807) is 6.92 Å². The molecule has 0 radical (unpaired) electrons. The second-order valence-electron chi connectivity index (χ2n) is 4.92. The Morgan fingerprint density at radius 3 is 2.60 bits per heavy atom. The summed E-state index contributed by atoms with van der Waals surface area (Å²) in [5, 5.41) is 0. The van der Waals surface area contributed by atoms with Crippen LogP contribution in [-0.2, 0) is 10.0 Å². The van der Waals surface area contributed by atoms with Gasteiger partial charge in [-0.3, -0.25) is 0 Å². The maximum atomic E-state index is 13.8. The minimum atomic E-state index is -3.92. The van der Waals surface area contributed by atoms with Crippen LogP contribution in [0.5, 0.6) is 0 Å². The fourth-order valence-electron chi connectivity index (χ4n) is 1.59. The van der Waals surface area contributed by atoms with Gasteiger partial charge in [0.2, 0.25) is 10.0 Å². The van der Waals surface area contributed by atoms with Crippen molar-refractivity contribution in [2.45, 2.75) is 24.3 Å². The number of hydrogen-bond donors (Lipinski definition) is 2. The second-order valence-corrected chi connectivity index (χ2v) is 7.46. The molecular weight excluding hydrogens is 349 g/mol. The van der Waals surface area contributed by atoms with Crippen molar-refractivity contribution in [3.8, 4) is 0 Å². The number of nitrogens with two attached hydrogens (primary N) is 1.